The lowest BCUT2D eigenvalue weighted by Gasteiger charge is -2.24. The number of hydrogen-bond donors (Lipinski definition) is 2. The third-order valence-electron chi connectivity index (χ3n) is 3.82. The van der Waals surface area contributed by atoms with Crippen LogP contribution in [0.5, 0.6) is 5.75 Å². The third-order valence-corrected chi connectivity index (χ3v) is 3.82. The number of nitrogens with one attached hydrogen (secondary N) is 2. The van der Waals surface area contributed by atoms with Gasteiger partial charge in [-0.05, 0) is 38.1 Å². The van der Waals surface area contributed by atoms with Crippen LogP contribution < -0.4 is 21.3 Å². The zero-order chi connectivity index (χ0) is 14.1. The van der Waals surface area contributed by atoms with Crippen molar-refractivity contribution < 1.29 is 4.74 Å². The lowest BCUT2D eigenvalue weighted by atomic mass is 10.1. The second-order valence-electron chi connectivity index (χ2n) is 4.97. The van der Waals surface area contributed by atoms with Crippen molar-refractivity contribution in [1.29, 1.82) is 0 Å². The van der Waals surface area contributed by atoms with E-state index in [1.165, 1.54) is 11.7 Å². The van der Waals surface area contributed by atoms with Crippen LogP contribution in [0.2, 0.25) is 0 Å². The van der Waals surface area contributed by atoms with Crippen LogP contribution >= 0.6 is 0 Å². The Morgan fingerprint density at radius 3 is 2.70 bits per heavy atom. The highest BCUT2D eigenvalue weighted by Gasteiger charge is 2.20. The molecular formula is C14H17N3O3. The summed E-state index contributed by atoms with van der Waals surface area (Å²) in [6.07, 6.45) is 1.58. The van der Waals surface area contributed by atoms with Gasteiger partial charge >= 0.3 is 5.69 Å². The summed E-state index contributed by atoms with van der Waals surface area (Å²) >= 11 is 0. The van der Waals surface area contributed by atoms with Crippen molar-refractivity contribution >= 4 is 10.9 Å². The fourth-order valence-corrected chi connectivity index (χ4v) is 2.79. The van der Waals surface area contributed by atoms with Crippen molar-refractivity contribution in [3.05, 3.63) is 39.0 Å². The van der Waals surface area contributed by atoms with E-state index in [0.29, 0.717) is 16.7 Å². The summed E-state index contributed by atoms with van der Waals surface area (Å²) in [7, 11) is 1.52. The van der Waals surface area contributed by atoms with Crippen molar-refractivity contribution in [3.63, 3.8) is 0 Å². The number of nitrogens with zero attached hydrogens (tertiary/aromatic N) is 1. The first-order chi connectivity index (χ1) is 9.72. The highest BCUT2D eigenvalue weighted by atomic mass is 16.5. The number of methoxy groups -OCH3 is 1. The Morgan fingerprint density at radius 1 is 1.25 bits per heavy atom. The molecule has 1 aromatic heterocycles. The zero-order valence-corrected chi connectivity index (χ0v) is 11.3. The Kier molecular flexibility index (Phi) is 3.31. The lowest BCUT2D eigenvalue weighted by Crippen LogP contribution is -2.42. The predicted octanol–water partition coefficient (Wildman–Crippen LogP) is 0.623. The maximum absolute atomic E-state index is 12.6. The average molecular weight is 275 g/mol. The van der Waals surface area contributed by atoms with Gasteiger partial charge in [-0.25, -0.2) is 4.79 Å². The Hall–Kier alpha value is -2.08. The lowest BCUT2D eigenvalue weighted by molar-refractivity contribution is 0.351. The van der Waals surface area contributed by atoms with Gasteiger partial charge in [0.15, 0.2) is 0 Å². The molecular weight excluding hydrogens is 258 g/mol. The SMILES string of the molecule is COc1cccc2c(=O)n(C3CCNCC3)c(=O)[nH]c12. The van der Waals surface area contributed by atoms with E-state index < -0.39 is 0 Å². The highest BCUT2D eigenvalue weighted by molar-refractivity contribution is 5.83. The second-order valence-corrected chi connectivity index (χ2v) is 4.97. The Bertz CT molecular complexity index is 741. The van der Waals surface area contributed by atoms with Crippen LogP contribution in [0.25, 0.3) is 10.9 Å². The Balaban J connectivity index is 2.24. The molecule has 0 atom stereocenters. The molecule has 0 bridgehead atoms. The van der Waals surface area contributed by atoms with Gasteiger partial charge in [-0.2, -0.15) is 0 Å². The molecule has 1 fully saturated rings. The molecule has 1 aliphatic rings. The number of hydrogen-bond acceptors (Lipinski definition) is 4. The number of fused-ring (bicyclic) bond motifs is 1. The molecule has 0 radical (unpaired) electrons. The van der Waals surface area contributed by atoms with Gasteiger partial charge in [-0.1, -0.05) is 6.07 Å². The van der Waals surface area contributed by atoms with E-state index >= 15 is 0 Å². The maximum atomic E-state index is 12.6. The van der Waals surface area contributed by atoms with Crippen molar-refractivity contribution in [2.24, 2.45) is 0 Å². The van der Waals surface area contributed by atoms with Crippen molar-refractivity contribution in [2.75, 3.05) is 20.2 Å². The summed E-state index contributed by atoms with van der Waals surface area (Å²) in [4.78, 5) is 27.6. The van der Waals surface area contributed by atoms with E-state index in [4.69, 9.17) is 4.74 Å². The normalized spacial score (nSPS) is 16.4. The molecule has 20 heavy (non-hydrogen) atoms. The van der Waals surface area contributed by atoms with Gasteiger partial charge < -0.3 is 15.0 Å². The van der Waals surface area contributed by atoms with Gasteiger partial charge in [0.25, 0.3) is 5.56 Å². The molecule has 0 amide bonds. The van der Waals surface area contributed by atoms with Gasteiger partial charge in [0.2, 0.25) is 0 Å². The summed E-state index contributed by atoms with van der Waals surface area (Å²) in [6.45, 7) is 1.65. The first-order valence-corrected chi connectivity index (χ1v) is 6.74. The summed E-state index contributed by atoms with van der Waals surface area (Å²) in [5, 5.41) is 3.72. The number of piperidine rings is 1. The molecule has 1 saturated heterocycles. The van der Waals surface area contributed by atoms with E-state index in [0.717, 1.165) is 25.9 Å². The molecule has 6 heteroatoms. The minimum absolute atomic E-state index is 0.0388. The number of rotatable bonds is 2. The monoisotopic (exact) mass is 275 g/mol. The minimum atomic E-state index is -0.362. The van der Waals surface area contributed by atoms with E-state index in [2.05, 4.69) is 10.3 Å². The topological polar surface area (TPSA) is 76.1 Å². The van der Waals surface area contributed by atoms with Gasteiger partial charge in [0.1, 0.15) is 5.75 Å². The van der Waals surface area contributed by atoms with Crippen molar-refractivity contribution in [3.8, 4) is 5.75 Å². The minimum Gasteiger partial charge on any atom is -0.495 e. The highest BCUT2D eigenvalue weighted by Crippen LogP contribution is 2.21. The van der Waals surface area contributed by atoms with Gasteiger partial charge in [0, 0.05) is 6.04 Å². The number of benzene rings is 1. The van der Waals surface area contributed by atoms with Crippen molar-refractivity contribution in [1.82, 2.24) is 14.9 Å². The van der Waals surface area contributed by atoms with Crippen LogP contribution in [0, 0.1) is 0 Å². The molecule has 0 unspecified atom stereocenters. The average Bonchev–Trinajstić information content (AvgIpc) is 2.48. The van der Waals surface area contributed by atoms with Crippen LogP contribution in [-0.2, 0) is 0 Å². The van der Waals surface area contributed by atoms with Gasteiger partial charge in [0.05, 0.1) is 18.0 Å². The molecule has 1 aromatic carbocycles. The first-order valence-electron chi connectivity index (χ1n) is 6.74. The van der Waals surface area contributed by atoms with E-state index in [-0.39, 0.29) is 17.3 Å². The predicted molar refractivity (Wildman–Crippen MR) is 76.5 cm³/mol. The largest absolute Gasteiger partial charge is 0.495 e. The molecule has 2 N–H and O–H groups in total. The summed E-state index contributed by atoms with van der Waals surface area (Å²) < 4.78 is 6.54. The fraction of sp³-hybridized carbons (Fsp3) is 0.429. The number of aromatic amines is 1. The zero-order valence-electron chi connectivity index (χ0n) is 11.3. The number of para-hydroxylation sites is 1. The van der Waals surface area contributed by atoms with Crippen LogP contribution in [0.15, 0.2) is 27.8 Å². The van der Waals surface area contributed by atoms with Crippen LogP contribution in [-0.4, -0.2) is 29.8 Å². The third kappa shape index (κ3) is 2.02. The van der Waals surface area contributed by atoms with E-state index in [9.17, 15) is 9.59 Å². The van der Waals surface area contributed by atoms with Crippen LogP contribution in [0.4, 0.5) is 0 Å². The Morgan fingerprint density at radius 2 is 2.00 bits per heavy atom. The summed E-state index contributed by atoms with van der Waals surface area (Å²) in [5.41, 5.74) is -0.136. The van der Waals surface area contributed by atoms with Crippen LogP contribution in [0.3, 0.4) is 0 Å². The second kappa shape index (κ2) is 5.13. The molecule has 0 spiro atoms. The summed E-state index contributed by atoms with van der Waals surface area (Å²) in [6, 6.07) is 5.16. The van der Waals surface area contributed by atoms with Gasteiger partial charge in [-0.15, -0.1) is 0 Å². The molecule has 1 aliphatic heterocycles. The summed E-state index contributed by atoms with van der Waals surface area (Å²) in [5.74, 6) is 0.508. The quantitative estimate of drug-likeness (QED) is 0.842. The van der Waals surface area contributed by atoms with E-state index in [1.54, 1.807) is 18.2 Å². The van der Waals surface area contributed by atoms with Crippen LogP contribution in [0.1, 0.15) is 18.9 Å². The molecule has 0 aliphatic carbocycles. The fourth-order valence-electron chi connectivity index (χ4n) is 2.79. The number of ether oxygens (including phenoxy) is 1. The molecule has 6 nitrogen and oxygen atoms in total. The smallest absolute Gasteiger partial charge is 0.329 e. The molecule has 2 aromatic rings. The Labute approximate surface area is 115 Å². The number of H-pyrrole nitrogens is 1. The molecule has 3 rings (SSSR count). The first kappa shape index (κ1) is 12.9. The molecule has 0 saturated carbocycles. The van der Waals surface area contributed by atoms with Crippen molar-refractivity contribution in [2.45, 2.75) is 18.9 Å². The maximum Gasteiger partial charge on any atom is 0.329 e. The molecule has 106 valence electrons. The molecule has 2 heterocycles. The number of aromatic nitrogens is 2. The van der Waals surface area contributed by atoms with E-state index in [1.807, 2.05) is 0 Å². The standard InChI is InChI=1S/C14H17N3O3/c1-20-11-4-2-3-10-12(11)16-14(19)17(13(10)18)9-5-7-15-8-6-9/h2-4,9,15H,5-8H2,1H3,(H,16,19). The van der Waals surface area contributed by atoms with Gasteiger partial charge in [-0.3, -0.25) is 9.36 Å².